The fourth-order valence-corrected chi connectivity index (χ4v) is 4.60. The Labute approximate surface area is 189 Å². The molecule has 7 nitrogen and oxygen atoms in total. The van der Waals surface area contributed by atoms with Crippen molar-refractivity contribution in [3.8, 4) is 5.69 Å². The summed E-state index contributed by atoms with van der Waals surface area (Å²) < 4.78 is 12.2. The fraction of sp³-hybridized carbons (Fsp3) is 0.560. The molecule has 0 spiro atoms. The topological polar surface area (TPSA) is 82.5 Å². The van der Waals surface area contributed by atoms with Gasteiger partial charge in [-0.05, 0) is 82.4 Å². The van der Waals surface area contributed by atoms with Crippen molar-refractivity contribution in [3.05, 3.63) is 47.3 Å². The van der Waals surface area contributed by atoms with Crippen LogP contribution in [0.5, 0.6) is 0 Å². The Hall–Kier alpha value is -2.83. The second-order valence-corrected chi connectivity index (χ2v) is 9.97. The molecule has 0 saturated heterocycles. The maximum Gasteiger partial charge on any atom is 0.407 e. The van der Waals surface area contributed by atoms with Gasteiger partial charge in [-0.1, -0.05) is 12.1 Å². The Morgan fingerprint density at radius 1 is 1.16 bits per heavy atom. The van der Waals surface area contributed by atoms with Crippen LogP contribution in [0.25, 0.3) is 5.69 Å². The Kier molecular flexibility index (Phi) is 6.26. The number of carbonyl (C=O) groups excluding carboxylic acids is 2. The highest BCUT2D eigenvalue weighted by molar-refractivity contribution is 5.90. The van der Waals surface area contributed by atoms with Gasteiger partial charge >= 0.3 is 12.1 Å². The van der Waals surface area contributed by atoms with Gasteiger partial charge in [0.1, 0.15) is 11.2 Å². The summed E-state index contributed by atoms with van der Waals surface area (Å²) in [5.41, 5.74) is 3.30. The zero-order chi connectivity index (χ0) is 22.9. The molecule has 4 rings (SSSR count). The molecule has 2 aliphatic rings. The van der Waals surface area contributed by atoms with Crippen molar-refractivity contribution in [2.75, 3.05) is 13.7 Å². The van der Waals surface area contributed by atoms with Gasteiger partial charge in [0.25, 0.3) is 0 Å². The Morgan fingerprint density at radius 2 is 1.91 bits per heavy atom. The molecule has 2 aliphatic carbocycles. The lowest BCUT2D eigenvalue weighted by Gasteiger charge is -2.20. The van der Waals surface area contributed by atoms with E-state index in [-0.39, 0.29) is 12.1 Å². The number of hydrogen-bond donors (Lipinski definition) is 1. The number of nitrogens with one attached hydrogen (secondary N) is 1. The van der Waals surface area contributed by atoms with Crippen molar-refractivity contribution in [2.45, 2.75) is 70.3 Å². The molecule has 1 heterocycles. The number of aromatic nitrogens is 2. The van der Waals surface area contributed by atoms with Crippen molar-refractivity contribution < 1.29 is 19.1 Å². The largest absolute Gasteiger partial charge is 0.465 e. The van der Waals surface area contributed by atoms with E-state index in [0.29, 0.717) is 29.9 Å². The van der Waals surface area contributed by atoms with Gasteiger partial charge in [0.15, 0.2) is 0 Å². The van der Waals surface area contributed by atoms with E-state index in [1.165, 1.54) is 12.7 Å². The van der Waals surface area contributed by atoms with Gasteiger partial charge in [0.05, 0.1) is 24.7 Å². The predicted molar refractivity (Wildman–Crippen MR) is 121 cm³/mol. The number of hydrogen-bond acceptors (Lipinski definition) is 5. The molecule has 0 bridgehead atoms. The van der Waals surface area contributed by atoms with Crippen LogP contribution in [-0.4, -0.2) is 41.1 Å². The first kappa shape index (κ1) is 22.4. The molecule has 2 saturated carbocycles. The lowest BCUT2D eigenvalue weighted by molar-refractivity contribution is 0.0518. The van der Waals surface area contributed by atoms with Gasteiger partial charge in [-0.3, -0.25) is 0 Å². The van der Waals surface area contributed by atoms with Gasteiger partial charge in [0.2, 0.25) is 0 Å². The van der Waals surface area contributed by atoms with Crippen molar-refractivity contribution in [2.24, 2.45) is 5.92 Å². The van der Waals surface area contributed by atoms with E-state index in [9.17, 15) is 9.59 Å². The Bertz CT molecular complexity index is 987. The molecule has 1 aromatic carbocycles. The van der Waals surface area contributed by atoms with E-state index in [0.717, 1.165) is 43.5 Å². The average Bonchev–Trinajstić information content (AvgIpc) is 3.31. The molecule has 2 unspecified atom stereocenters. The minimum absolute atomic E-state index is 0.328. The summed E-state index contributed by atoms with van der Waals surface area (Å²) in [6.45, 7) is 6.24. The molecular formula is C25H33N3O4. The molecule has 1 aromatic heterocycles. The second kappa shape index (κ2) is 8.96. The zero-order valence-corrected chi connectivity index (χ0v) is 19.4. The number of alkyl carbamates (subject to hydrolysis) is 1. The van der Waals surface area contributed by atoms with E-state index in [1.807, 2.05) is 31.5 Å². The molecule has 1 amide bonds. The van der Waals surface area contributed by atoms with Crippen LogP contribution in [0.1, 0.15) is 86.3 Å². The van der Waals surface area contributed by atoms with Gasteiger partial charge in [-0.15, -0.1) is 0 Å². The normalized spacial score (nSPS) is 20.8. The van der Waals surface area contributed by atoms with E-state index < -0.39 is 5.60 Å². The Balaban J connectivity index is 1.44. The summed E-state index contributed by atoms with van der Waals surface area (Å²) in [4.78, 5) is 24.2. The number of amides is 1. The standard InChI is InChI=1S/C25H33N3O4/c1-25(2,3)32-24(30)26-14-16-8-9-19(12-16)18-6-5-7-20(13-18)28-22(17-10-11-17)21(15-27-28)23(29)31-4/h5-7,13,15-17,19H,8-12,14H2,1-4H3,(H,26,30). The summed E-state index contributed by atoms with van der Waals surface area (Å²) >= 11 is 0. The molecule has 32 heavy (non-hydrogen) atoms. The maximum atomic E-state index is 12.2. The molecule has 2 atom stereocenters. The molecule has 7 heteroatoms. The van der Waals surface area contributed by atoms with Gasteiger partial charge < -0.3 is 14.8 Å². The minimum atomic E-state index is -0.484. The first-order valence-corrected chi connectivity index (χ1v) is 11.5. The monoisotopic (exact) mass is 439 g/mol. The zero-order valence-electron chi connectivity index (χ0n) is 19.4. The van der Waals surface area contributed by atoms with Gasteiger partial charge in [-0.2, -0.15) is 5.10 Å². The molecule has 172 valence electrons. The smallest absolute Gasteiger partial charge is 0.407 e. The lowest BCUT2D eigenvalue weighted by atomic mass is 9.96. The fourth-order valence-electron chi connectivity index (χ4n) is 4.60. The summed E-state index contributed by atoms with van der Waals surface area (Å²) in [7, 11) is 1.41. The minimum Gasteiger partial charge on any atom is -0.465 e. The van der Waals surface area contributed by atoms with Crippen LogP contribution in [0.3, 0.4) is 0 Å². The van der Waals surface area contributed by atoms with Gasteiger partial charge in [-0.25, -0.2) is 14.3 Å². The summed E-state index contributed by atoms with van der Waals surface area (Å²) in [5, 5.41) is 7.45. The predicted octanol–water partition coefficient (Wildman–Crippen LogP) is 4.94. The first-order chi connectivity index (χ1) is 15.2. The molecule has 1 N–H and O–H groups in total. The van der Waals surface area contributed by atoms with E-state index >= 15 is 0 Å². The van der Waals surface area contributed by atoms with Crippen LogP contribution in [0.2, 0.25) is 0 Å². The van der Waals surface area contributed by atoms with Crippen molar-refractivity contribution >= 4 is 12.1 Å². The number of nitrogens with zero attached hydrogens (tertiary/aromatic N) is 2. The van der Waals surface area contributed by atoms with Crippen LogP contribution < -0.4 is 5.32 Å². The Morgan fingerprint density at radius 3 is 2.59 bits per heavy atom. The lowest BCUT2D eigenvalue weighted by Crippen LogP contribution is -2.34. The number of benzene rings is 1. The van der Waals surface area contributed by atoms with E-state index in [4.69, 9.17) is 9.47 Å². The third-order valence-corrected chi connectivity index (χ3v) is 6.24. The third kappa shape index (κ3) is 5.14. The van der Waals surface area contributed by atoms with Crippen molar-refractivity contribution in [3.63, 3.8) is 0 Å². The number of carbonyl (C=O) groups is 2. The van der Waals surface area contributed by atoms with Gasteiger partial charge in [0, 0.05) is 12.5 Å². The highest BCUT2D eigenvalue weighted by atomic mass is 16.6. The van der Waals surface area contributed by atoms with Crippen molar-refractivity contribution in [1.29, 1.82) is 0 Å². The van der Waals surface area contributed by atoms with E-state index in [2.05, 4.69) is 28.6 Å². The van der Waals surface area contributed by atoms with Crippen LogP contribution in [0.15, 0.2) is 30.5 Å². The highest BCUT2D eigenvalue weighted by Gasteiger charge is 2.33. The van der Waals surface area contributed by atoms with Crippen LogP contribution in [0, 0.1) is 5.92 Å². The van der Waals surface area contributed by atoms with Crippen LogP contribution >= 0.6 is 0 Å². The number of rotatable bonds is 6. The second-order valence-electron chi connectivity index (χ2n) is 9.97. The summed E-state index contributed by atoms with van der Waals surface area (Å²) in [6, 6.07) is 8.46. The van der Waals surface area contributed by atoms with Crippen LogP contribution in [-0.2, 0) is 9.47 Å². The number of esters is 1. The highest BCUT2D eigenvalue weighted by Crippen LogP contribution is 2.43. The molecular weight excluding hydrogens is 406 g/mol. The maximum absolute atomic E-state index is 12.2. The third-order valence-electron chi connectivity index (χ3n) is 6.24. The number of ether oxygens (including phenoxy) is 2. The quantitative estimate of drug-likeness (QED) is 0.645. The molecule has 0 aliphatic heterocycles. The first-order valence-electron chi connectivity index (χ1n) is 11.5. The van der Waals surface area contributed by atoms with Crippen molar-refractivity contribution in [1.82, 2.24) is 15.1 Å². The van der Waals surface area contributed by atoms with Crippen LogP contribution in [0.4, 0.5) is 4.79 Å². The SMILES string of the molecule is COC(=O)c1cnn(-c2cccc(C3CCC(CNC(=O)OC(C)(C)C)C3)c2)c1C1CC1. The average molecular weight is 440 g/mol. The number of methoxy groups -OCH3 is 1. The summed E-state index contributed by atoms with van der Waals surface area (Å²) in [5.74, 6) is 0.921. The molecule has 2 aromatic rings. The molecule has 2 fully saturated rings. The van der Waals surface area contributed by atoms with E-state index in [1.54, 1.807) is 6.20 Å². The molecule has 0 radical (unpaired) electrons. The summed E-state index contributed by atoms with van der Waals surface area (Å²) in [6.07, 6.45) is 6.62.